The Kier molecular flexibility index (Phi) is 4.34. The fourth-order valence-electron chi connectivity index (χ4n) is 2.31. The zero-order valence-electron chi connectivity index (χ0n) is 11.3. The van der Waals surface area contributed by atoms with Crippen molar-refractivity contribution in [3.63, 3.8) is 0 Å². The smallest absolute Gasteiger partial charge is 0.0991 e. The summed E-state index contributed by atoms with van der Waals surface area (Å²) in [6.07, 6.45) is 0.992. The number of hydrogen-bond donors (Lipinski definition) is 0. The van der Waals surface area contributed by atoms with E-state index in [1.165, 1.54) is 16.3 Å². The summed E-state index contributed by atoms with van der Waals surface area (Å²) in [6.45, 7) is -0.371. The van der Waals surface area contributed by atoms with Gasteiger partial charge in [0, 0.05) is 6.16 Å². The van der Waals surface area contributed by atoms with E-state index < -0.39 is 0 Å². The monoisotopic (exact) mass is 353 g/mol. The maximum absolute atomic E-state index is 9.01. The first kappa shape index (κ1) is 14.3. The molecule has 0 aliphatic heterocycles. The van der Waals surface area contributed by atoms with Gasteiger partial charge in [0.15, 0.2) is 0 Å². The molecule has 3 rings (SSSR count). The third-order valence-electron chi connectivity index (χ3n) is 3.39. The molecule has 0 radical (unpaired) electrons. The molecule has 3 aromatic carbocycles. The highest BCUT2D eigenvalue weighted by atomic mass is 79.9. The van der Waals surface area contributed by atoms with Crippen molar-refractivity contribution < 1.29 is 0 Å². The van der Waals surface area contributed by atoms with E-state index in [9.17, 15) is 0 Å². The molecule has 1 nitrogen and oxygen atoms in total. The molecule has 0 saturated carbocycles. The Balaban J connectivity index is 1.89. The van der Waals surface area contributed by atoms with Crippen LogP contribution < -0.4 is 5.30 Å². The lowest BCUT2D eigenvalue weighted by Gasteiger charge is -2.11. The quantitative estimate of drug-likeness (QED) is 0.584. The molecular weight excluding hydrogens is 341 g/mol. The topological polar surface area (TPSA) is 23.8 Å². The summed E-state index contributed by atoms with van der Waals surface area (Å²) < 4.78 is 0. The molecule has 0 spiro atoms. The predicted octanol–water partition coefficient (Wildman–Crippen LogP) is 5.33. The van der Waals surface area contributed by atoms with Crippen molar-refractivity contribution in [2.75, 3.05) is 0 Å². The van der Waals surface area contributed by atoms with Crippen LogP contribution in [-0.4, -0.2) is 0 Å². The SMILES string of the molecule is N#Cc1ccc2ccc(CP(Br)c3ccccc3)cc2c1. The van der Waals surface area contributed by atoms with Gasteiger partial charge >= 0.3 is 0 Å². The van der Waals surface area contributed by atoms with Gasteiger partial charge in [-0.15, -0.1) is 0 Å². The average molecular weight is 354 g/mol. The molecule has 0 amide bonds. The summed E-state index contributed by atoms with van der Waals surface area (Å²) in [4.78, 5) is 0. The Labute approximate surface area is 133 Å². The van der Waals surface area contributed by atoms with Gasteiger partial charge in [0.25, 0.3) is 0 Å². The minimum atomic E-state index is -0.371. The van der Waals surface area contributed by atoms with E-state index in [0.717, 1.165) is 11.5 Å². The minimum absolute atomic E-state index is 0.371. The Hall–Kier alpha value is -1.68. The van der Waals surface area contributed by atoms with E-state index in [-0.39, 0.29) is 6.62 Å². The Bertz CT molecular complexity index is 808. The van der Waals surface area contributed by atoms with Crippen molar-refractivity contribution in [1.29, 1.82) is 5.26 Å². The zero-order chi connectivity index (χ0) is 14.7. The lowest BCUT2D eigenvalue weighted by Crippen LogP contribution is -1.97. The highest BCUT2D eigenvalue weighted by Gasteiger charge is 2.08. The van der Waals surface area contributed by atoms with Crippen LogP contribution in [0, 0.1) is 11.3 Å². The van der Waals surface area contributed by atoms with Crippen LogP contribution in [0.25, 0.3) is 10.8 Å². The van der Waals surface area contributed by atoms with Gasteiger partial charge in [0.05, 0.1) is 11.6 Å². The average Bonchev–Trinajstić information content (AvgIpc) is 2.55. The largest absolute Gasteiger partial charge is 0.192 e. The number of nitriles is 1. The molecule has 1 atom stereocenters. The van der Waals surface area contributed by atoms with Crippen LogP contribution in [0.15, 0.2) is 66.7 Å². The third-order valence-corrected chi connectivity index (χ3v) is 6.87. The number of fused-ring (bicyclic) bond motifs is 1. The lowest BCUT2D eigenvalue weighted by molar-refractivity contribution is 1.43. The van der Waals surface area contributed by atoms with Gasteiger partial charge in [-0.2, -0.15) is 5.26 Å². The maximum atomic E-state index is 9.01. The van der Waals surface area contributed by atoms with Gasteiger partial charge in [-0.1, -0.05) is 70.1 Å². The van der Waals surface area contributed by atoms with Gasteiger partial charge in [0.1, 0.15) is 0 Å². The first-order valence-corrected chi connectivity index (χ1v) is 10.2. The fourth-order valence-corrected chi connectivity index (χ4v) is 5.08. The van der Waals surface area contributed by atoms with E-state index in [2.05, 4.69) is 64.0 Å². The van der Waals surface area contributed by atoms with Crippen molar-refractivity contribution in [2.24, 2.45) is 0 Å². The van der Waals surface area contributed by atoms with Gasteiger partial charge < -0.3 is 0 Å². The summed E-state index contributed by atoms with van der Waals surface area (Å²) in [5.41, 5.74) is 2.01. The van der Waals surface area contributed by atoms with Crippen molar-refractivity contribution in [3.05, 3.63) is 77.9 Å². The van der Waals surface area contributed by atoms with Crippen molar-refractivity contribution >= 4 is 38.2 Å². The van der Waals surface area contributed by atoms with Crippen molar-refractivity contribution in [3.8, 4) is 6.07 Å². The molecule has 0 heterocycles. The number of rotatable bonds is 3. The fraction of sp³-hybridized carbons (Fsp3) is 0.0556. The molecule has 102 valence electrons. The van der Waals surface area contributed by atoms with Crippen LogP contribution in [0.1, 0.15) is 11.1 Å². The molecule has 3 heteroatoms. The first-order valence-electron chi connectivity index (χ1n) is 6.67. The van der Waals surface area contributed by atoms with Crippen LogP contribution in [0.5, 0.6) is 0 Å². The van der Waals surface area contributed by atoms with Crippen LogP contribution in [-0.2, 0) is 6.16 Å². The normalized spacial score (nSPS) is 12.0. The molecule has 0 aliphatic carbocycles. The molecule has 0 saturated heterocycles. The summed E-state index contributed by atoms with van der Waals surface area (Å²) in [5.74, 6) is 0. The van der Waals surface area contributed by atoms with E-state index in [1.807, 2.05) is 24.3 Å². The number of nitrogens with zero attached hydrogens (tertiary/aromatic N) is 1. The maximum Gasteiger partial charge on any atom is 0.0991 e. The van der Waals surface area contributed by atoms with E-state index in [4.69, 9.17) is 5.26 Å². The van der Waals surface area contributed by atoms with E-state index in [1.54, 1.807) is 0 Å². The second-order valence-electron chi connectivity index (χ2n) is 4.86. The van der Waals surface area contributed by atoms with Crippen LogP contribution >= 0.6 is 22.1 Å². The molecular formula is C18H13BrNP. The van der Waals surface area contributed by atoms with Gasteiger partial charge in [-0.05, 0) is 40.4 Å². The summed E-state index contributed by atoms with van der Waals surface area (Å²) in [7, 11) is 0. The van der Waals surface area contributed by atoms with Crippen molar-refractivity contribution in [2.45, 2.75) is 6.16 Å². The van der Waals surface area contributed by atoms with Gasteiger partial charge in [-0.3, -0.25) is 0 Å². The highest BCUT2D eigenvalue weighted by Crippen LogP contribution is 2.46. The summed E-state index contributed by atoms with van der Waals surface area (Å²) >= 11 is 3.83. The molecule has 21 heavy (non-hydrogen) atoms. The Morgan fingerprint density at radius 1 is 0.905 bits per heavy atom. The number of benzene rings is 3. The molecule has 3 aromatic rings. The zero-order valence-corrected chi connectivity index (χ0v) is 13.8. The molecule has 0 aromatic heterocycles. The van der Waals surface area contributed by atoms with E-state index >= 15 is 0 Å². The number of halogens is 1. The first-order chi connectivity index (χ1) is 10.3. The van der Waals surface area contributed by atoms with Crippen LogP contribution in [0.2, 0.25) is 0 Å². The summed E-state index contributed by atoms with van der Waals surface area (Å²) in [5, 5.41) is 12.7. The number of hydrogen-bond acceptors (Lipinski definition) is 1. The molecule has 0 aliphatic rings. The highest BCUT2D eigenvalue weighted by molar-refractivity contribution is 9.40. The van der Waals surface area contributed by atoms with Crippen LogP contribution in [0.3, 0.4) is 0 Å². The molecule has 1 unspecified atom stereocenters. The van der Waals surface area contributed by atoms with Crippen molar-refractivity contribution in [1.82, 2.24) is 0 Å². The lowest BCUT2D eigenvalue weighted by atomic mass is 10.1. The van der Waals surface area contributed by atoms with Gasteiger partial charge in [-0.25, -0.2) is 0 Å². The summed E-state index contributed by atoms with van der Waals surface area (Å²) in [6, 6.07) is 25.0. The van der Waals surface area contributed by atoms with Crippen LogP contribution in [0.4, 0.5) is 0 Å². The predicted molar refractivity (Wildman–Crippen MR) is 94.3 cm³/mol. The van der Waals surface area contributed by atoms with Gasteiger partial charge in [0.2, 0.25) is 0 Å². The molecule has 0 bridgehead atoms. The standard InChI is InChI=1S/C18H13BrNP/c19-21(18-4-2-1-3-5-18)13-15-7-9-16-8-6-14(12-20)10-17(16)11-15/h1-11H,13H2. The van der Waals surface area contributed by atoms with E-state index in [0.29, 0.717) is 5.56 Å². The second-order valence-corrected chi connectivity index (χ2v) is 8.99. The third kappa shape index (κ3) is 3.32. The molecule has 0 fully saturated rings. The second kappa shape index (κ2) is 6.39. The minimum Gasteiger partial charge on any atom is -0.192 e. The Morgan fingerprint density at radius 3 is 2.43 bits per heavy atom. The Morgan fingerprint density at radius 2 is 1.67 bits per heavy atom. The molecule has 0 N–H and O–H groups in total.